The van der Waals surface area contributed by atoms with Gasteiger partial charge in [-0.05, 0) is 68.7 Å². The molecule has 2 aromatic rings. The summed E-state index contributed by atoms with van der Waals surface area (Å²) >= 11 is 12.3. The molecule has 3 heterocycles. The summed E-state index contributed by atoms with van der Waals surface area (Å²) in [7, 11) is 1.52. The highest BCUT2D eigenvalue weighted by molar-refractivity contribution is 6.42. The average molecular weight is 532 g/mol. The molecule has 0 aliphatic carbocycles. The molecule has 36 heavy (non-hydrogen) atoms. The predicted octanol–water partition coefficient (Wildman–Crippen LogP) is 4.03. The maximum Gasteiger partial charge on any atom is 0.319 e. The van der Waals surface area contributed by atoms with Crippen molar-refractivity contribution >= 4 is 35.1 Å². The third-order valence-corrected chi connectivity index (χ3v) is 7.33. The maximum atomic E-state index is 13.3. The number of nitrogens with zero attached hydrogens (tertiary/aromatic N) is 2. The van der Waals surface area contributed by atoms with Crippen molar-refractivity contribution in [3.8, 4) is 0 Å². The van der Waals surface area contributed by atoms with Crippen molar-refractivity contribution in [1.29, 1.82) is 0 Å². The van der Waals surface area contributed by atoms with Gasteiger partial charge in [-0.15, -0.1) is 0 Å². The molecule has 8 nitrogen and oxygen atoms in total. The summed E-state index contributed by atoms with van der Waals surface area (Å²) < 4.78 is 5.24. The number of benzene rings is 1. The number of carbonyl (C=O) groups excluding carboxylic acids is 2. The fourth-order valence-corrected chi connectivity index (χ4v) is 5.06. The number of halogens is 2. The molecular formula is C26H31Cl2N5O3. The number of rotatable bonds is 9. The molecule has 1 aromatic carbocycles. The standard InChI is InChI=1S/C26H31Cl2N5O3/c1-36-16-22-23(24(32-26(35)31-22)18-6-7-19(27)20(28)15-18)25(34)30-11-4-12-33-13-8-17(9-14-33)21-5-2-3-10-29-21/h2-3,5-7,10,15,17,24H,4,8-9,11-14,16H2,1H3,(H,30,34)(H2,31,32,35)/t24-/m1/s1. The highest BCUT2D eigenvalue weighted by atomic mass is 35.5. The number of aromatic nitrogens is 1. The molecule has 3 amide bonds. The van der Waals surface area contributed by atoms with Crippen molar-refractivity contribution in [3.63, 3.8) is 0 Å². The molecule has 1 atom stereocenters. The van der Waals surface area contributed by atoms with E-state index in [-0.39, 0.29) is 12.5 Å². The van der Waals surface area contributed by atoms with E-state index in [4.69, 9.17) is 27.9 Å². The van der Waals surface area contributed by atoms with Crippen LogP contribution < -0.4 is 16.0 Å². The number of carbonyl (C=O) groups is 2. The van der Waals surface area contributed by atoms with Crippen LogP contribution in [0.4, 0.5) is 4.79 Å². The highest BCUT2D eigenvalue weighted by Gasteiger charge is 2.33. The second-order valence-corrected chi connectivity index (χ2v) is 9.82. The Morgan fingerprint density at radius 1 is 1.19 bits per heavy atom. The summed E-state index contributed by atoms with van der Waals surface area (Å²) in [5, 5.41) is 9.29. The monoisotopic (exact) mass is 531 g/mol. The number of piperidine rings is 1. The molecule has 0 saturated carbocycles. The topological polar surface area (TPSA) is 95.6 Å². The van der Waals surface area contributed by atoms with Crippen LogP contribution in [0.15, 0.2) is 53.9 Å². The Morgan fingerprint density at radius 2 is 2.00 bits per heavy atom. The number of likely N-dealkylation sites (tertiary alicyclic amines) is 1. The first-order chi connectivity index (χ1) is 17.5. The summed E-state index contributed by atoms with van der Waals surface area (Å²) in [6.45, 7) is 3.57. The lowest BCUT2D eigenvalue weighted by molar-refractivity contribution is -0.118. The van der Waals surface area contributed by atoms with Crippen molar-refractivity contribution in [2.24, 2.45) is 0 Å². The van der Waals surface area contributed by atoms with Crippen LogP contribution >= 0.6 is 23.2 Å². The third kappa shape index (κ3) is 6.56. The Bertz CT molecular complexity index is 1100. The Labute approximate surface area is 221 Å². The van der Waals surface area contributed by atoms with E-state index >= 15 is 0 Å². The molecule has 0 unspecified atom stereocenters. The minimum absolute atomic E-state index is 0.0964. The number of ether oxygens (including phenoxy) is 1. The molecule has 10 heteroatoms. The van der Waals surface area contributed by atoms with Crippen LogP contribution in [0.2, 0.25) is 10.0 Å². The van der Waals surface area contributed by atoms with E-state index in [9.17, 15) is 9.59 Å². The fourth-order valence-electron chi connectivity index (χ4n) is 4.76. The zero-order valence-electron chi connectivity index (χ0n) is 20.2. The molecule has 1 fully saturated rings. The lowest BCUT2D eigenvalue weighted by atomic mass is 9.93. The van der Waals surface area contributed by atoms with E-state index in [1.807, 2.05) is 18.3 Å². The van der Waals surface area contributed by atoms with Gasteiger partial charge in [0.2, 0.25) is 0 Å². The van der Waals surface area contributed by atoms with Crippen molar-refractivity contribution in [2.75, 3.05) is 39.9 Å². The molecule has 0 bridgehead atoms. The summed E-state index contributed by atoms with van der Waals surface area (Å²) in [6.07, 6.45) is 4.86. The lowest BCUT2D eigenvalue weighted by Crippen LogP contribution is -2.48. The van der Waals surface area contributed by atoms with E-state index in [1.54, 1.807) is 18.2 Å². The first-order valence-corrected chi connectivity index (χ1v) is 12.9. The van der Waals surface area contributed by atoms with Gasteiger partial charge in [-0.2, -0.15) is 0 Å². The molecule has 0 radical (unpaired) electrons. The summed E-state index contributed by atoms with van der Waals surface area (Å²) in [5.74, 6) is 0.250. The van der Waals surface area contributed by atoms with Crippen LogP contribution in [0, 0.1) is 0 Å². The normalized spacial score (nSPS) is 19.1. The van der Waals surface area contributed by atoms with Crippen molar-refractivity contribution in [3.05, 3.63) is 75.2 Å². The lowest BCUT2D eigenvalue weighted by Gasteiger charge is -2.32. The number of hydrogen-bond acceptors (Lipinski definition) is 5. The first kappa shape index (κ1) is 26.4. The van der Waals surface area contributed by atoms with Gasteiger partial charge in [0.25, 0.3) is 5.91 Å². The molecule has 192 valence electrons. The molecule has 2 aliphatic heterocycles. The van der Waals surface area contributed by atoms with Crippen LogP contribution in [-0.2, 0) is 9.53 Å². The zero-order chi connectivity index (χ0) is 25.5. The Kier molecular flexibility index (Phi) is 9.20. The summed E-state index contributed by atoms with van der Waals surface area (Å²) in [6, 6.07) is 10.1. The van der Waals surface area contributed by atoms with Gasteiger partial charge in [-0.1, -0.05) is 35.3 Å². The Balaban J connectivity index is 1.34. The quantitative estimate of drug-likeness (QED) is 0.424. The second kappa shape index (κ2) is 12.5. The minimum atomic E-state index is -0.677. The summed E-state index contributed by atoms with van der Waals surface area (Å²) in [4.78, 5) is 32.5. The smallest absolute Gasteiger partial charge is 0.319 e. The van der Waals surface area contributed by atoms with Crippen LogP contribution in [0.3, 0.4) is 0 Å². The maximum absolute atomic E-state index is 13.3. The number of hydrogen-bond donors (Lipinski definition) is 3. The molecule has 4 rings (SSSR count). The molecule has 2 aliphatic rings. The van der Waals surface area contributed by atoms with Gasteiger partial charge < -0.3 is 25.6 Å². The van der Waals surface area contributed by atoms with Gasteiger partial charge in [-0.25, -0.2) is 4.79 Å². The van der Waals surface area contributed by atoms with Crippen LogP contribution in [-0.4, -0.2) is 61.7 Å². The second-order valence-electron chi connectivity index (χ2n) is 9.01. The summed E-state index contributed by atoms with van der Waals surface area (Å²) in [5.41, 5.74) is 2.65. The van der Waals surface area contributed by atoms with E-state index in [0.29, 0.717) is 39.3 Å². The first-order valence-electron chi connectivity index (χ1n) is 12.1. The number of amides is 3. The van der Waals surface area contributed by atoms with Gasteiger partial charge in [0.05, 0.1) is 34.0 Å². The molecule has 1 aromatic heterocycles. The largest absolute Gasteiger partial charge is 0.378 e. The fraction of sp³-hybridized carbons (Fsp3) is 0.423. The van der Waals surface area contributed by atoms with Gasteiger partial charge in [0.15, 0.2) is 0 Å². The van der Waals surface area contributed by atoms with E-state index in [2.05, 4.69) is 31.9 Å². The molecule has 0 spiro atoms. The number of urea groups is 1. The zero-order valence-corrected chi connectivity index (χ0v) is 21.7. The number of nitrogens with one attached hydrogen (secondary N) is 3. The van der Waals surface area contributed by atoms with Crippen LogP contribution in [0.5, 0.6) is 0 Å². The van der Waals surface area contributed by atoms with Crippen molar-refractivity contribution in [2.45, 2.75) is 31.2 Å². The Hall–Kier alpha value is -2.65. The number of pyridine rings is 1. The van der Waals surface area contributed by atoms with E-state index < -0.39 is 12.1 Å². The van der Waals surface area contributed by atoms with Crippen molar-refractivity contribution in [1.82, 2.24) is 25.8 Å². The van der Waals surface area contributed by atoms with Gasteiger partial charge in [-0.3, -0.25) is 9.78 Å². The van der Waals surface area contributed by atoms with Crippen molar-refractivity contribution < 1.29 is 14.3 Å². The Morgan fingerprint density at radius 3 is 2.69 bits per heavy atom. The van der Waals surface area contributed by atoms with Gasteiger partial charge in [0, 0.05) is 31.5 Å². The van der Waals surface area contributed by atoms with E-state index in [0.717, 1.165) is 38.9 Å². The number of methoxy groups -OCH3 is 1. The molecular weight excluding hydrogens is 501 g/mol. The molecule has 1 saturated heterocycles. The highest BCUT2D eigenvalue weighted by Crippen LogP contribution is 2.31. The third-order valence-electron chi connectivity index (χ3n) is 6.59. The van der Waals surface area contributed by atoms with Crippen LogP contribution in [0.1, 0.15) is 42.5 Å². The SMILES string of the molecule is COCC1=C(C(=O)NCCCN2CCC(c3ccccn3)CC2)[C@@H](c2ccc(Cl)c(Cl)c2)NC(=O)N1. The predicted molar refractivity (Wildman–Crippen MR) is 140 cm³/mol. The average Bonchev–Trinajstić information content (AvgIpc) is 2.89. The van der Waals surface area contributed by atoms with Gasteiger partial charge in [0.1, 0.15) is 0 Å². The van der Waals surface area contributed by atoms with Crippen LogP contribution in [0.25, 0.3) is 0 Å². The minimum Gasteiger partial charge on any atom is -0.378 e. The molecule has 3 N–H and O–H groups in total. The van der Waals surface area contributed by atoms with Gasteiger partial charge >= 0.3 is 6.03 Å². The van der Waals surface area contributed by atoms with E-state index in [1.165, 1.54) is 12.8 Å².